The first-order chi connectivity index (χ1) is 17.9. The lowest BCUT2D eigenvalue weighted by atomic mass is 9.78. The maximum atomic E-state index is 13.1. The summed E-state index contributed by atoms with van der Waals surface area (Å²) in [5.74, 6) is -3.12. The fourth-order valence-electron chi connectivity index (χ4n) is 4.69. The van der Waals surface area contributed by atoms with Crippen molar-refractivity contribution in [2.75, 3.05) is 35.4 Å². The third-order valence-electron chi connectivity index (χ3n) is 6.17. The van der Waals surface area contributed by atoms with Crippen LogP contribution in [0.3, 0.4) is 0 Å². The number of fused-ring (bicyclic) bond motifs is 5. The smallest absolute Gasteiger partial charge is 0.306 e. The third-order valence-corrected chi connectivity index (χ3v) is 6.17. The van der Waals surface area contributed by atoms with E-state index in [9.17, 15) is 19.2 Å². The van der Waals surface area contributed by atoms with Gasteiger partial charge in [-0.3, -0.25) is 24.1 Å². The topological polar surface area (TPSA) is 159 Å². The van der Waals surface area contributed by atoms with Crippen LogP contribution in [0.25, 0.3) is 0 Å². The molecule has 1 aromatic carbocycles. The van der Waals surface area contributed by atoms with Crippen LogP contribution >= 0.6 is 0 Å². The van der Waals surface area contributed by atoms with Crippen LogP contribution in [-0.2, 0) is 44.7 Å². The van der Waals surface area contributed by atoms with E-state index in [-0.39, 0.29) is 31.2 Å². The summed E-state index contributed by atoms with van der Waals surface area (Å²) < 4.78 is 21.4. The highest BCUT2D eigenvalue weighted by Crippen LogP contribution is 2.50. The molecule has 0 spiro atoms. The van der Waals surface area contributed by atoms with Crippen molar-refractivity contribution in [3.05, 3.63) is 35.9 Å². The lowest BCUT2D eigenvalue weighted by Gasteiger charge is -2.31. The van der Waals surface area contributed by atoms with Gasteiger partial charge in [-0.05, 0) is 12.6 Å². The molecule has 2 amide bonds. The van der Waals surface area contributed by atoms with E-state index in [2.05, 4.69) is 26.5 Å². The van der Waals surface area contributed by atoms with Gasteiger partial charge in [0.1, 0.15) is 18.3 Å². The Bertz CT molecular complexity index is 1010. The molecule has 6 atom stereocenters. The Hall–Kier alpha value is -3.44. The van der Waals surface area contributed by atoms with Crippen molar-refractivity contribution in [1.82, 2.24) is 4.90 Å². The largest absolute Gasteiger partial charge is 0.469 e. The number of rotatable bonds is 7. The Labute approximate surface area is 215 Å². The summed E-state index contributed by atoms with van der Waals surface area (Å²) in [5, 5.41) is 0. The number of hydrogen-bond donors (Lipinski definition) is 1. The van der Waals surface area contributed by atoms with Crippen molar-refractivity contribution in [2.24, 2.45) is 27.6 Å². The highest BCUT2D eigenvalue weighted by Gasteiger charge is 2.70. The molecular weight excluding hydrogens is 484 g/mol. The van der Waals surface area contributed by atoms with Crippen molar-refractivity contribution >= 4 is 29.8 Å². The first-order valence-corrected chi connectivity index (χ1v) is 11.7. The van der Waals surface area contributed by atoms with Crippen molar-refractivity contribution in [3.63, 3.8) is 0 Å². The summed E-state index contributed by atoms with van der Waals surface area (Å²) in [7, 11) is 7.45. The Balaban J connectivity index is 0.000000617. The lowest BCUT2D eigenvalue weighted by molar-refractivity contribution is -0.163. The molecule has 4 unspecified atom stereocenters. The van der Waals surface area contributed by atoms with Crippen LogP contribution in [0.15, 0.2) is 40.3 Å². The van der Waals surface area contributed by atoms with Gasteiger partial charge >= 0.3 is 11.9 Å². The maximum absolute atomic E-state index is 13.1. The molecule has 12 heteroatoms. The number of nitrogens with zero attached hydrogens (tertiary/aromatic N) is 3. The molecule has 3 fully saturated rings. The fraction of sp³-hybridized carbons (Fsp3) is 0.560. The van der Waals surface area contributed by atoms with Crippen molar-refractivity contribution in [1.29, 1.82) is 0 Å². The number of carbonyl (C=O) groups excluding carboxylic acids is 4. The minimum absolute atomic E-state index is 0.108. The van der Waals surface area contributed by atoms with Gasteiger partial charge in [-0.15, -0.1) is 0 Å². The zero-order valence-electron chi connectivity index (χ0n) is 21.7. The fourth-order valence-corrected chi connectivity index (χ4v) is 4.69. The Morgan fingerprint density at radius 1 is 0.946 bits per heavy atom. The zero-order chi connectivity index (χ0) is 27.5. The zero-order valence-corrected chi connectivity index (χ0v) is 21.7. The summed E-state index contributed by atoms with van der Waals surface area (Å²) >= 11 is 0. The Morgan fingerprint density at radius 2 is 1.49 bits per heavy atom. The Morgan fingerprint density at radius 3 is 1.97 bits per heavy atom. The number of esters is 2. The number of nitrogens with two attached hydrogens (primary N) is 1. The molecule has 3 aliphatic heterocycles. The molecule has 37 heavy (non-hydrogen) atoms. The van der Waals surface area contributed by atoms with E-state index in [1.165, 1.54) is 26.2 Å². The number of methoxy groups -OCH3 is 2. The van der Waals surface area contributed by atoms with Crippen LogP contribution in [0.4, 0.5) is 0 Å². The summed E-state index contributed by atoms with van der Waals surface area (Å²) in [5.41, 5.74) is 5.35. The number of ether oxygens (including phenoxy) is 4. The van der Waals surface area contributed by atoms with Gasteiger partial charge in [0.2, 0.25) is 11.8 Å². The molecule has 202 valence electrons. The molecule has 2 bridgehead atoms. The van der Waals surface area contributed by atoms with Gasteiger partial charge in [-0.2, -0.15) is 0 Å². The van der Waals surface area contributed by atoms with Crippen LogP contribution in [0, 0.1) is 11.8 Å². The predicted molar refractivity (Wildman–Crippen MR) is 131 cm³/mol. The van der Waals surface area contributed by atoms with Gasteiger partial charge in [0.15, 0.2) is 6.10 Å². The first-order valence-electron chi connectivity index (χ1n) is 11.7. The van der Waals surface area contributed by atoms with Crippen LogP contribution < -0.4 is 5.73 Å². The highest BCUT2D eigenvalue weighted by atomic mass is 16.6. The predicted octanol–water partition coefficient (Wildman–Crippen LogP) is 0.444. The monoisotopic (exact) mass is 518 g/mol. The van der Waals surface area contributed by atoms with E-state index in [4.69, 9.17) is 14.2 Å². The molecule has 0 saturated carbocycles. The third kappa shape index (κ3) is 6.66. The van der Waals surface area contributed by atoms with Crippen molar-refractivity contribution < 1.29 is 38.1 Å². The van der Waals surface area contributed by atoms with Crippen molar-refractivity contribution in [2.45, 2.75) is 43.8 Å². The number of carbonyl (C=O) groups is 4. The van der Waals surface area contributed by atoms with E-state index in [1.807, 2.05) is 30.3 Å². The molecule has 0 radical (unpaired) electrons. The summed E-state index contributed by atoms with van der Waals surface area (Å²) in [6.45, 7) is 0.187. The molecular formula is C25H34N4O8. The average molecular weight is 519 g/mol. The second-order valence-electron chi connectivity index (χ2n) is 8.14. The normalized spacial score (nSPS) is 26.6. The molecule has 3 heterocycles. The minimum Gasteiger partial charge on any atom is -0.469 e. The number of hydrogen-bond acceptors (Lipinski definition) is 11. The van der Waals surface area contributed by atoms with E-state index in [0.717, 1.165) is 5.56 Å². The molecule has 0 aromatic heterocycles. The molecule has 12 nitrogen and oxygen atoms in total. The summed E-state index contributed by atoms with van der Waals surface area (Å²) in [4.78, 5) is 57.6. The summed E-state index contributed by atoms with van der Waals surface area (Å²) in [6, 6.07) is 11.6. The number of likely N-dealkylation sites (tertiary alicyclic amines) is 1. The standard InChI is InChI=1S/C21H23NO8.C3H6N2.CH5N/c1-27-12(23)8-9-13(24)29-19-17-15-14(16(30-17)18(19)28-2)20(25)22(21(15)26)10-11-6-4-3-5-7-11;1-4-3-5-2;1-2/h3-7,14-19H,8-10H2,1-2H3;1-2H3;2H2,1H3/t14?,15?,16-,17?,18+,19?;;/m0../s1. The second kappa shape index (κ2) is 14.3. The number of amides is 2. The molecule has 3 saturated heterocycles. The number of imide groups is 1. The van der Waals surface area contributed by atoms with Gasteiger partial charge in [-0.1, -0.05) is 30.3 Å². The van der Waals surface area contributed by atoms with Crippen LogP contribution in [-0.4, -0.2) is 94.4 Å². The van der Waals surface area contributed by atoms with E-state index < -0.39 is 48.2 Å². The van der Waals surface area contributed by atoms with Gasteiger partial charge in [0.05, 0.1) is 44.3 Å². The first kappa shape index (κ1) is 29.8. The van der Waals surface area contributed by atoms with Crippen LogP contribution in [0.5, 0.6) is 0 Å². The van der Waals surface area contributed by atoms with Crippen LogP contribution in [0.2, 0.25) is 0 Å². The van der Waals surface area contributed by atoms with E-state index in [0.29, 0.717) is 0 Å². The number of aliphatic imine (C=N–C) groups is 2. The van der Waals surface area contributed by atoms with Gasteiger partial charge in [0.25, 0.3) is 0 Å². The van der Waals surface area contributed by atoms with Gasteiger partial charge < -0.3 is 24.7 Å². The maximum Gasteiger partial charge on any atom is 0.306 e. The highest BCUT2D eigenvalue weighted by molar-refractivity contribution is 6.06. The average Bonchev–Trinajstić information content (AvgIpc) is 3.55. The van der Waals surface area contributed by atoms with Gasteiger partial charge in [0, 0.05) is 21.2 Å². The molecule has 0 aliphatic carbocycles. The summed E-state index contributed by atoms with van der Waals surface area (Å²) in [6.07, 6.45) is -3.17. The van der Waals surface area contributed by atoms with Crippen molar-refractivity contribution in [3.8, 4) is 0 Å². The molecule has 1 aromatic rings. The molecule has 3 aliphatic rings. The SMILES string of the molecule is CN.CN=C=NC.COC(=O)CCC(=O)OC1C2O[C@@H](C3C(=O)N(Cc4ccccc4)C(=O)C23)[C@H]1OC. The number of benzene rings is 1. The van der Waals surface area contributed by atoms with Crippen LogP contribution in [0.1, 0.15) is 18.4 Å². The second-order valence-corrected chi connectivity index (χ2v) is 8.14. The molecule has 4 rings (SSSR count). The Kier molecular flexibility index (Phi) is 11.5. The van der Waals surface area contributed by atoms with E-state index in [1.54, 1.807) is 14.1 Å². The van der Waals surface area contributed by atoms with E-state index >= 15 is 0 Å². The van der Waals surface area contributed by atoms with Gasteiger partial charge in [-0.25, -0.2) is 9.98 Å². The lowest BCUT2D eigenvalue weighted by Crippen LogP contribution is -2.50. The molecule has 2 N–H and O–H groups in total. The minimum atomic E-state index is -0.820. The quantitative estimate of drug-likeness (QED) is 0.307.